The molecule has 0 aliphatic heterocycles. The third-order valence-corrected chi connectivity index (χ3v) is 3.60. The summed E-state index contributed by atoms with van der Waals surface area (Å²) in [5.41, 5.74) is 0.479. The van der Waals surface area contributed by atoms with E-state index in [1.807, 2.05) is 13.8 Å². The van der Waals surface area contributed by atoms with Crippen LogP contribution in [-0.4, -0.2) is 41.1 Å². The Balaban J connectivity index is 2.71. The van der Waals surface area contributed by atoms with Gasteiger partial charge >= 0.3 is 0 Å². The standard InChI is InChI=1S/C13H22N2O2/c1-4-13(5-2,10-16)9-15(3)12(17)11-6-7-14-8-11/h6-8,14,16H,4-5,9-10H2,1-3H3. The van der Waals surface area contributed by atoms with E-state index in [0.717, 1.165) is 12.8 Å². The van der Waals surface area contributed by atoms with Crippen molar-refractivity contribution in [2.45, 2.75) is 26.7 Å². The molecule has 1 heterocycles. The number of hydrogen-bond acceptors (Lipinski definition) is 2. The minimum absolute atomic E-state index is 0.00836. The molecule has 0 saturated carbocycles. The van der Waals surface area contributed by atoms with Gasteiger partial charge in [0, 0.05) is 31.4 Å². The van der Waals surface area contributed by atoms with Crippen molar-refractivity contribution in [1.29, 1.82) is 0 Å². The molecule has 0 fully saturated rings. The lowest BCUT2D eigenvalue weighted by molar-refractivity contribution is 0.0545. The predicted octanol–water partition coefficient (Wildman–Crippen LogP) is 1.89. The summed E-state index contributed by atoms with van der Waals surface area (Å²) in [6.45, 7) is 4.80. The van der Waals surface area contributed by atoms with Crippen LogP contribution in [0, 0.1) is 5.41 Å². The van der Waals surface area contributed by atoms with Gasteiger partial charge in [-0.3, -0.25) is 4.79 Å². The highest BCUT2D eigenvalue weighted by Gasteiger charge is 2.28. The summed E-state index contributed by atoms with van der Waals surface area (Å²) in [4.78, 5) is 16.6. The van der Waals surface area contributed by atoms with Gasteiger partial charge in [0.05, 0.1) is 12.2 Å². The van der Waals surface area contributed by atoms with E-state index in [9.17, 15) is 9.90 Å². The molecule has 0 atom stereocenters. The lowest BCUT2D eigenvalue weighted by Crippen LogP contribution is -2.40. The number of nitrogens with one attached hydrogen (secondary N) is 1. The topological polar surface area (TPSA) is 56.3 Å². The van der Waals surface area contributed by atoms with Crippen molar-refractivity contribution in [2.75, 3.05) is 20.2 Å². The molecular weight excluding hydrogens is 216 g/mol. The van der Waals surface area contributed by atoms with E-state index in [4.69, 9.17) is 0 Å². The third kappa shape index (κ3) is 3.09. The van der Waals surface area contributed by atoms with Gasteiger partial charge in [-0.05, 0) is 18.9 Å². The molecule has 96 valence electrons. The van der Waals surface area contributed by atoms with Crippen molar-refractivity contribution < 1.29 is 9.90 Å². The van der Waals surface area contributed by atoms with Crippen LogP contribution in [0.2, 0.25) is 0 Å². The summed E-state index contributed by atoms with van der Waals surface area (Å²) < 4.78 is 0. The fraction of sp³-hybridized carbons (Fsp3) is 0.615. The largest absolute Gasteiger partial charge is 0.396 e. The Bertz CT molecular complexity index is 334. The van der Waals surface area contributed by atoms with Crippen LogP contribution in [0.1, 0.15) is 37.0 Å². The molecule has 4 heteroatoms. The molecule has 1 amide bonds. The summed E-state index contributed by atoms with van der Waals surface area (Å²) in [7, 11) is 1.78. The van der Waals surface area contributed by atoms with Crippen LogP contribution in [0.4, 0.5) is 0 Å². The number of nitrogens with zero attached hydrogens (tertiary/aromatic N) is 1. The quantitative estimate of drug-likeness (QED) is 0.795. The van der Waals surface area contributed by atoms with Gasteiger partial charge < -0.3 is 15.0 Å². The molecule has 0 aliphatic carbocycles. The summed E-state index contributed by atoms with van der Waals surface area (Å²) in [5, 5.41) is 9.49. The van der Waals surface area contributed by atoms with Crippen LogP contribution >= 0.6 is 0 Å². The van der Waals surface area contributed by atoms with Gasteiger partial charge in [0.1, 0.15) is 0 Å². The number of amides is 1. The molecule has 1 rings (SSSR count). The monoisotopic (exact) mass is 238 g/mol. The maximum atomic E-state index is 12.1. The Morgan fingerprint density at radius 3 is 2.53 bits per heavy atom. The number of aliphatic hydroxyl groups is 1. The number of H-pyrrole nitrogens is 1. The minimum atomic E-state index is -0.180. The zero-order valence-electron chi connectivity index (χ0n) is 10.9. The van der Waals surface area contributed by atoms with Gasteiger partial charge in [0.15, 0.2) is 0 Å². The first-order valence-corrected chi connectivity index (χ1v) is 6.07. The maximum Gasteiger partial charge on any atom is 0.255 e. The highest BCUT2D eigenvalue weighted by atomic mass is 16.3. The molecule has 0 bridgehead atoms. The predicted molar refractivity (Wildman–Crippen MR) is 67.9 cm³/mol. The highest BCUT2D eigenvalue weighted by Crippen LogP contribution is 2.26. The lowest BCUT2D eigenvalue weighted by Gasteiger charge is -2.33. The number of aromatic amines is 1. The van der Waals surface area contributed by atoms with Crippen molar-refractivity contribution in [3.8, 4) is 0 Å². The first kappa shape index (κ1) is 13.8. The zero-order valence-corrected chi connectivity index (χ0v) is 10.9. The number of carbonyl (C=O) groups excluding carboxylic acids is 1. The Hall–Kier alpha value is -1.29. The average molecular weight is 238 g/mol. The van der Waals surface area contributed by atoms with E-state index in [0.29, 0.717) is 12.1 Å². The van der Waals surface area contributed by atoms with E-state index in [2.05, 4.69) is 4.98 Å². The van der Waals surface area contributed by atoms with E-state index in [-0.39, 0.29) is 17.9 Å². The Morgan fingerprint density at radius 1 is 1.47 bits per heavy atom. The second-order valence-corrected chi connectivity index (χ2v) is 4.63. The Kier molecular flexibility index (Phi) is 4.75. The first-order chi connectivity index (χ1) is 8.08. The van der Waals surface area contributed by atoms with E-state index in [1.54, 1.807) is 30.4 Å². The van der Waals surface area contributed by atoms with Gasteiger partial charge in [0.25, 0.3) is 5.91 Å². The van der Waals surface area contributed by atoms with E-state index < -0.39 is 0 Å². The van der Waals surface area contributed by atoms with Crippen molar-refractivity contribution in [3.63, 3.8) is 0 Å². The molecule has 0 radical (unpaired) electrons. The molecule has 0 saturated heterocycles. The molecular formula is C13H22N2O2. The summed E-state index contributed by atoms with van der Waals surface area (Å²) in [5.74, 6) is -0.00836. The molecule has 17 heavy (non-hydrogen) atoms. The first-order valence-electron chi connectivity index (χ1n) is 6.07. The molecule has 4 nitrogen and oxygen atoms in total. The third-order valence-electron chi connectivity index (χ3n) is 3.60. The maximum absolute atomic E-state index is 12.1. The molecule has 0 spiro atoms. The smallest absolute Gasteiger partial charge is 0.255 e. The molecule has 1 aromatic heterocycles. The Labute approximate surface area is 103 Å². The van der Waals surface area contributed by atoms with Crippen molar-refractivity contribution >= 4 is 5.91 Å². The van der Waals surface area contributed by atoms with Crippen LogP contribution in [0.5, 0.6) is 0 Å². The number of hydrogen-bond donors (Lipinski definition) is 2. The van der Waals surface area contributed by atoms with E-state index >= 15 is 0 Å². The van der Waals surface area contributed by atoms with Gasteiger partial charge in [-0.25, -0.2) is 0 Å². The fourth-order valence-electron chi connectivity index (χ4n) is 2.00. The molecule has 2 N–H and O–H groups in total. The van der Waals surface area contributed by atoms with Crippen LogP contribution in [0.3, 0.4) is 0 Å². The highest BCUT2D eigenvalue weighted by molar-refractivity contribution is 5.93. The van der Waals surface area contributed by atoms with Crippen LogP contribution in [0.15, 0.2) is 18.5 Å². The van der Waals surface area contributed by atoms with Crippen LogP contribution in [0.25, 0.3) is 0 Å². The second-order valence-electron chi connectivity index (χ2n) is 4.63. The van der Waals surface area contributed by atoms with Crippen LogP contribution in [-0.2, 0) is 0 Å². The Morgan fingerprint density at radius 2 is 2.12 bits per heavy atom. The van der Waals surface area contributed by atoms with Gasteiger partial charge in [-0.2, -0.15) is 0 Å². The average Bonchev–Trinajstić information content (AvgIpc) is 2.88. The number of aliphatic hydroxyl groups excluding tert-OH is 1. The fourth-order valence-corrected chi connectivity index (χ4v) is 2.00. The summed E-state index contributed by atoms with van der Waals surface area (Å²) >= 11 is 0. The lowest BCUT2D eigenvalue weighted by atomic mass is 9.82. The van der Waals surface area contributed by atoms with Crippen molar-refractivity contribution in [1.82, 2.24) is 9.88 Å². The number of rotatable bonds is 6. The second kappa shape index (κ2) is 5.87. The molecule has 1 aromatic rings. The normalized spacial score (nSPS) is 11.5. The van der Waals surface area contributed by atoms with Crippen molar-refractivity contribution in [2.24, 2.45) is 5.41 Å². The van der Waals surface area contributed by atoms with Gasteiger partial charge in [-0.1, -0.05) is 13.8 Å². The molecule has 0 aromatic carbocycles. The van der Waals surface area contributed by atoms with Crippen LogP contribution < -0.4 is 0 Å². The number of carbonyl (C=O) groups is 1. The number of aromatic nitrogens is 1. The molecule has 0 unspecified atom stereocenters. The van der Waals surface area contributed by atoms with Gasteiger partial charge in [-0.15, -0.1) is 0 Å². The van der Waals surface area contributed by atoms with Crippen molar-refractivity contribution in [3.05, 3.63) is 24.0 Å². The molecule has 0 aliphatic rings. The minimum Gasteiger partial charge on any atom is -0.396 e. The SMILES string of the molecule is CCC(CC)(CO)CN(C)C(=O)c1cc[nH]c1. The summed E-state index contributed by atoms with van der Waals surface area (Å²) in [6.07, 6.45) is 5.16. The van der Waals surface area contributed by atoms with E-state index in [1.165, 1.54) is 0 Å². The van der Waals surface area contributed by atoms with Gasteiger partial charge in [0.2, 0.25) is 0 Å². The zero-order chi connectivity index (χ0) is 12.9. The summed E-state index contributed by atoms with van der Waals surface area (Å²) in [6, 6.07) is 1.76.